The smallest absolute Gasteiger partial charge is 0.266 e. The fourth-order valence-electron chi connectivity index (χ4n) is 8.45. The Balaban J connectivity index is 0.761. The molecule has 2 fully saturated rings. The van der Waals surface area contributed by atoms with Crippen molar-refractivity contribution in [3.8, 4) is 28.4 Å². The van der Waals surface area contributed by atoms with Gasteiger partial charge in [0.15, 0.2) is 5.78 Å². The number of nitrogens with zero attached hydrogens (tertiary/aromatic N) is 4. The number of benzene rings is 2. The fourth-order valence-corrected chi connectivity index (χ4v) is 8.45. The largest absolute Gasteiger partial charge is 0.496 e. The van der Waals surface area contributed by atoms with E-state index in [0.29, 0.717) is 55.9 Å². The first-order valence-electron chi connectivity index (χ1n) is 21.2. The van der Waals surface area contributed by atoms with Crippen LogP contribution in [-0.4, -0.2) is 101 Å². The number of ketones is 1. The number of carbonyl (C=O) groups is 6. The van der Waals surface area contributed by atoms with Gasteiger partial charge in [-0.3, -0.25) is 53.7 Å². The van der Waals surface area contributed by atoms with Crippen molar-refractivity contribution in [2.75, 3.05) is 40.5 Å². The number of aromatic nitrogens is 2. The van der Waals surface area contributed by atoms with Crippen molar-refractivity contribution >= 4 is 46.1 Å². The van der Waals surface area contributed by atoms with Crippen molar-refractivity contribution < 1.29 is 43.0 Å². The van der Waals surface area contributed by atoms with E-state index >= 15 is 0 Å². The van der Waals surface area contributed by atoms with E-state index in [1.165, 1.54) is 12.1 Å². The number of hydrogen-bond acceptors (Lipinski definition) is 12. The summed E-state index contributed by atoms with van der Waals surface area (Å²) in [7, 11) is 4.96. The molecule has 1 unspecified atom stereocenters. The second-order valence-electron chi connectivity index (χ2n) is 16.1. The molecule has 5 heterocycles. The molecule has 326 valence electrons. The highest BCUT2D eigenvalue weighted by molar-refractivity contribution is 6.24. The third-order valence-electron chi connectivity index (χ3n) is 11.9. The van der Waals surface area contributed by atoms with Gasteiger partial charge in [-0.2, -0.15) is 0 Å². The highest BCUT2D eigenvalue weighted by atomic mass is 16.5. The molecule has 3 aliphatic heterocycles. The van der Waals surface area contributed by atoms with Crippen LogP contribution in [0.1, 0.15) is 90.5 Å². The van der Waals surface area contributed by atoms with Gasteiger partial charge in [-0.25, -0.2) is 0 Å². The minimum atomic E-state index is -1.08. The molecule has 0 aliphatic carbocycles. The molecular weight excluding hydrogens is 797 g/mol. The highest BCUT2D eigenvalue weighted by Gasteiger charge is 2.46. The molecule has 2 N–H and O–H groups in total. The standard InChI is InChI=1S/C46H52N6O10/c1-50-25-34(31-17-19-47-22-33(31)44(50)57)28-20-38(60-2)35(39(21-28)61-3)26-51-23-29(24-51)42(55)48-18-10-8-6-4-5-7-9-12-30(53)27-62-37-14-11-13-32-41(37)46(59)52(45(32)58)36-15-16-40(54)49-43(36)56/h11,13-14,17,19-22,25,29,36H,4-10,12,15-16,18,23-24,26-27H2,1-3H3,(H,48,55)(H,49,54,56). The zero-order valence-electron chi connectivity index (χ0n) is 35.3. The van der Waals surface area contributed by atoms with Crippen LogP contribution in [0.3, 0.4) is 0 Å². The van der Waals surface area contributed by atoms with Gasteiger partial charge in [-0.05, 0) is 60.5 Å². The summed E-state index contributed by atoms with van der Waals surface area (Å²) in [6.07, 6.45) is 12.0. The fraction of sp³-hybridized carbons (Fsp3) is 0.435. The van der Waals surface area contributed by atoms with Crippen LogP contribution in [0.2, 0.25) is 0 Å². The number of nitrogens with one attached hydrogen (secondary N) is 2. The number of amides is 5. The summed E-state index contributed by atoms with van der Waals surface area (Å²) < 4.78 is 18.9. The van der Waals surface area contributed by atoms with Crippen molar-refractivity contribution in [2.24, 2.45) is 13.0 Å². The Morgan fingerprint density at radius 3 is 2.27 bits per heavy atom. The first-order valence-corrected chi connectivity index (χ1v) is 21.2. The van der Waals surface area contributed by atoms with Crippen LogP contribution in [0.25, 0.3) is 21.9 Å². The van der Waals surface area contributed by atoms with Gasteiger partial charge in [0.05, 0.1) is 42.2 Å². The van der Waals surface area contributed by atoms with Crippen molar-refractivity contribution in [1.82, 2.24) is 30.0 Å². The van der Waals surface area contributed by atoms with E-state index in [1.807, 2.05) is 24.4 Å². The van der Waals surface area contributed by atoms with Crippen molar-refractivity contribution in [3.63, 3.8) is 0 Å². The Bertz CT molecular complexity index is 2430. The third kappa shape index (κ3) is 9.39. The predicted octanol–water partition coefficient (Wildman–Crippen LogP) is 4.34. The number of pyridine rings is 2. The molecule has 16 heteroatoms. The number of methoxy groups -OCH3 is 2. The number of aryl methyl sites for hydroxylation is 1. The predicted molar refractivity (Wildman–Crippen MR) is 228 cm³/mol. The van der Waals surface area contributed by atoms with Crippen LogP contribution in [0.15, 0.2) is 59.8 Å². The number of hydrogen-bond donors (Lipinski definition) is 2. The van der Waals surface area contributed by atoms with E-state index < -0.39 is 29.7 Å². The maximum Gasteiger partial charge on any atom is 0.266 e. The summed E-state index contributed by atoms with van der Waals surface area (Å²) in [6.45, 7) is 2.21. The molecule has 3 aliphatic rings. The van der Waals surface area contributed by atoms with E-state index in [2.05, 4.69) is 20.5 Å². The first kappa shape index (κ1) is 43.7. The lowest BCUT2D eigenvalue weighted by Gasteiger charge is -2.38. The zero-order valence-corrected chi connectivity index (χ0v) is 35.3. The van der Waals surface area contributed by atoms with Crippen LogP contribution >= 0.6 is 0 Å². The van der Waals surface area contributed by atoms with Gasteiger partial charge in [-0.1, -0.05) is 38.2 Å². The van der Waals surface area contributed by atoms with Crippen molar-refractivity contribution in [1.29, 1.82) is 0 Å². The Morgan fingerprint density at radius 1 is 0.855 bits per heavy atom. The van der Waals surface area contributed by atoms with E-state index in [4.69, 9.17) is 14.2 Å². The molecule has 4 aromatic rings. The molecule has 16 nitrogen and oxygen atoms in total. The Kier molecular flexibility index (Phi) is 13.8. The second-order valence-corrected chi connectivity index (χ2v) is 16.1. The number of Topliss-reactive ketones (excluding diaryl/α,β-unsaturated/α-hetero) is 1. The zero-order chi connectivity index (χ0) is 43.9. The van der Waals surface area contributed by atoms with E-state index in [1.54, 1.807) is 44.3 Å². The molecule has 2 aromatic heterocycles. The number of carbonyl (C=O) groups excluding carboxylic acids is 6. The summed E-state index contributed by atoms with van der Waals surface area (Å²) in [5, 5.41) is 6.59. The summed E-state index contributed by atoms with van der Waals surface area (Å²) in [5.41, 5.74) is 2.61. The molecule has 7 rings (SSSR count). The van der Waals surface area contributed by atoms with Gasteiger partial charge in [0.1, 0.15) is 29.9 Å². The minimum Gasteiger partial charge on any atom is -0.496 e. The Labute approximate surface area is 358 Å². The van der Waals surface area contributed by atoms with Crippen LogP contribution in [0.5, 0.6) is 17.2 Å². The molecule has 0 spiro atoms. The van der Waals surface area contributed by atoms with Crippen LogP contribution in [0.4, 0.5) is 0 Å². The average molecular weight is 849 g/mol. The Morgan fingerprint density at radius 2 is 1.56 bits per heavy atom. The van der Waals surface area contributed by atoms with Gasteiger partial charge >= 0.3 is 0 Å². The molecular formula is C46H52N6O10. The SMILES string of the molecule is COc1cc(-c2cn(C)c(=O)c3cnccc23)cc(OC)c1CN1CC(C(=O)NCCCCCCCCCC(=O)COc2cccc3c2C(=O)N(C2CCC(=O)NC2=O)C3=O)C1. The van der Waals surface area contributed by atoms with Crippen molar-refractivity contribution in [3.05, 3.63) is 82.0 Å². The maximum atomic E-state index is 13.2. The normalized spacial score (nSPS) is 16.6. The number of piperidine rings is 1. The van der Waals surface area contributed by atoms with Crippen LogP contribution in [-0.2, 0) is 32.8 Å². The van der Waals surface area contributed by atoms with Gasteiger partial charge in [0, 0.05) is 70.2 Å². The minimum absolute atomic E-state index is 0.0232. The molecule has 62 heavy (non-hydrogen) atoms. The number of unbranched alkanes of at least 4 members (excludes halogenated alkanes) is 6. The Hall–Kier alpha value is -6.42. The lowest BCUT2D eigenvalue weighted by molar-refractivity contribution is -0.136. The third-order valence-corrected chi connectivity index (χ3v) is 11.9. The summed E-state index contributed by atoms with van der Waals surface area (Å²) in [5.74, 6) is -1.14. The van der Waals surface area contributed by atoms with Gasteiger partial charge in [-0.15, -0.1) is 0 Å². The van der Waals surface area contributed by atoms with Gasteiger partial charge < -0.3 is 24.1 Å². The molecule has 0 bridgehead atoms. The van der Waals surface area contributed by atoms with Crippen LogP contribution in [0, 0.1) is 5.92 Å². The lowest BCUT2D eigenvalue weighted by Crippen LogP contribution is -2.54. The number of fused-ring (bicyclic) bond motifs is 2. The maximum absolute atomic E-state index is 13.2. The number of rotatable bonds is 20. The summed E-state index contributed by atoms with van der Waals surface area (Å²) in [4.78, 5) is 95.6. The molecule has 2 aromatic carbocycles. The first-order chi connectivity index (χ1) is 30.0. The molecule has 0 radical (unpaired) electrons. The highest BCUT2D eigenvalue weighted by Crippen LogP contribution is 2.39. The lowest BCUT2D eigenvalue weighted by atomic mass is 9.96. The number of ether oxygens (including phenoxy) is 3. The second kappa shape index (κ2) is 19.5. The van der Waals surface area contributed by atoms with Gasteiger partial charge in [0.2, 0.25) is 17.7 Å². The number of likely N-dealkylation sites (tertiary alicyclic amines) is 1. The summed E-state index contributed by atoms with van der Waals surface area (Å²) >= 11 is 0. The summed E-state index contributed by atoms with van der Waals surface area (Å²) in [6, 6.07) is 9.23. The van der Waals surface area contributed by atoms with Crippen molar-refractivity contribution in [2.45, 2.75) is 76.8 Å². The molecule has 0 saturated carbocycles. The van der Waals surface area contributed by atoms with E-state index in [9.17, 15) is 33.6 Å². The number of imide groups is 2. The average Bonchev–Trinajstić information content (AvgIpc) is 3.51. The molecule has 5 amide bonds. The van der Waals surface area contributed by atoms with E-state index in [-0.39, 0.29) is 59.5 Å². The van der Waals surface area contributed by atoms with Crippen LogP contribution < -0.4 is 30.4 Å². The molecule has 2 saturated heterocycles. The molecule has 1 atom stereocenters. The van der Waals surface area contributed by atoms with E-state index in [0.717, 1.165) is 65.5 Å². The van der Waals surface area contributed by atoms with Gasteiger partial charge in [0.25, 0.3) is 17.4 Å². The monoisotopic (exact) mass is 848 g/mol. The quantitative estimate of drug-likeness (QED) is 0.0946. The topological polar surface area (TPSA) is 196 Å².